The highest BCUT2D eigenvalue weighted by Crippen LogP contribution is 2.58. The lowest BCUT2D eigenvalue weighted by Crippen LogP contribution is -2.25. The molecule has 1 amide bonds. The van der Waals surface area contributed by atoms with E-state index in [0.717, 1.165) is 28.9 Å². The Kier molecular flexibility index (Phi) is 4.94. The molecule has 28 heavy (non-hydrogen) atoms. The van der Waals surface area contributed by atoms with Gasteiger partial charge in [0.25, 0.3) is 0 Å². The van der Waals surface area contributed by atoms with E-state index in [-0.39, 0.29) is 17.2 Å². The van der Waals surface area contributed by atoms with Gasteiger partial charge in [0, 0.05) is 5.41 Å². The van der Waals surface area contributed by atoms with Gasteiger partial charge >= 0.3 is 0 Å². The van der Waals surface area contributed by atoms with Crippen molar-refractivity contribution in [3.05, 3.63) is 102 Å². The second-order valence-electron chi connectivity index (χ2n) is 6.97. The van der Waals surface area contributed by atoms with Crippen LogP contribution in [0, 0.1) is 5.92 Å². The van der Waals surface area contributed by atoms with Crippen molar-refractivity contribution in [2.45, 2.75) is 11.8 Å². The van der Waals surface area contributed by atoms with Crippen LogP contribution in [-0.4, -0.2) is 19.2 Å². The number of amides is 1. The van der Waals surface area contributed by atoms with Gasteiger partial charge in [-0.3, -0.25) is 4.79 Å². The Balaban J connectivity index is 1.52. The van der Waals surface area contributed by atoms with Gasteiger partial charge < -0.3 is 4.74 Å². The second-order valence-corrected chi connectivity index (χ2v) is 6.97. The molecule has 4 nitrogen and oxygen atoms in total. The number of hydrazone groups is 1. The SMILES string of the molecule is COc1cccc(C=NNC(=O)C2CC2(c2ccccc2)c2ccccc2)c1. The fourth-order valence-corrected chi connectivity index (χ4v) is 3.83. The molecule has 0 aliphatic heterocycles. The van der Waals surface area contributed by atoms with Gasteiger partial charge in [0.1, 0.15) is 5.75 Å². The maximum absolute atomic E-state index is 12.8. The van der Waals surface area contributed by atoms with Gasteiger partial charge in [0.2, 0.25) is 5.91 Å². The van der Waals surface area contributed by atoms with Crippen molar-refractivity contribution in [2.75, 3.05) is 7.11 Å². The molecule has 0 radical (unpaired) electrons. The largest absolute Gasteiger partial charge is 0.497 e. The molecule has 4 rings (SSSR count). The van der Waals surface area contributed by atoms with Crippen LogP contribution in [0.5, 0.6) is 5.75 Å². The second kappa shape index (κ2) is 7.69. The monoisotopic (exact) mass is 370 g/mol. The molecule has 1 fully saturated rings. The minimum Gasteiger partial charge on any atom is -0.497 e. The molecule has 1 N–H and O–H groups in total. The van der Waals surface area contributed by atoms with Crippen LogP contribution in [0.2, 0.25) is 0 Å². The molecule has 4 heteroatoms. The van der Waals surface area contributed by atoms with Gasteiger partial charge in [0.15, 0.2) is 0 Å². The molecule has 0 saturated heterocycles. The van der Waals surface area contributed by atoms with Crippen molar-refractivity contribution in [1.29, 1.82) is 0 Å². The molecule has 1 atom stereocenters. The number of hydrogen-bond acceptors (Lipinski definition) is 3. The Bertz CT molecular complexity index is 944. The van der Waals surface area contributed by atoms with Crippen molar-refractivity contribution in [3.8, 4) is 5.75 Å². The molecule has 1 saturated carbocycles. The van der Waals surface area contributed by atoms with Gasteiger partial charge in [-0.25, -0.2) is 5.43 Å². The summed E-state index contributed by atoms with van der Waals surface area (Å²) in [5, 5.41) is 4.15. The average molecular weight is 370 g/mol. The molecule has 0 spiro atoms. The fourth-order valence-electron chi connectivity index (χ4n) is 3.83. The van der Waals surface area contributed by atoms with Crippen LogP contribution in [0.25, 0.3) is 0 Å². The summed E-state index contributed by atoms with van der Waals surface area (Å²) >= 11 is 0. The topological polar surface area (TPSA) is 50.7 Å². The number of ether oxygens (including phenoxy) is 1. The molecule has 1 aliphatic carbocycles. The Hall–Kier alpha value is -3.40. The van der Waals surface area contributed by atoms with E-state index in [2.05, 4.69) is 34.8 Å². The van der Waals surface area contributed by atoms with Crippen molar-refractivity contribution < 1.29 is 9.53 Å². The van der Waals surface area contributed by atoms with E-state index in [9.17, 15) is 4.79 Å². The van der Waals surface area contributed by atoms with Crippen molar-refractivity contribution in [1.82, 2.24) is 5.43 Å². The number of nitrogens with one attached hydrogen (secondary N) is 1. The predicted octanol–water partition coefficient (Wildman–Crippen LogP) is 4.15. The van der Waals surface area contributed by atoms with E-state index in [1.54, 1.807) is 13.3 Å². The van der Waals surface area contributed by atoms with Gasteiger partial charge in [-0.05, 0) is 35.2 Å². The van der Waals surface area contributed by atoms with Crippen LogP contribution >= 0.6 is 0 Å². The summed E-state index contributed by atoms with van der Waals surface area (Å²) in [6.45, 7) is 0. The minimum atomic E-state index is -0.280. The number of hydrogen-bond donors (Lipinski definition) is 1. The fraction of sp³-hybridized carbons (Fsp3) is 0.167. The number of benzene rings is 3. The van der Waals surface area contributed by atoms with Crippen LogP contribution < -0.4 is 10.2 Å². The molecule has 0 aromatic heterocycles. The molecular weight excluding hydrogens is 348 g/mol. The van der Waals surface area contributed by atoms with Gasteiger partial charge in [-0.15, -0.1) is 0 Å². The number of methoxy groups -OCH3 is 1. The highest BCUT2D eigenvalue weighted by atomic mass is 16.5. The normalized spacial score (nSPS) is 17.2. The van der Waals surface area contributed by atoms with E-state index < -0.39 is 0 Å². The number of carbonyl (C=O) groups excluding carboxylic acids is 1. The van der Waals surface area contributed by atoms with Crippen LogP contribution in [0.4, 0.5) is 0 Å². The van der Waals surface area contributed by atoms with Gasteiger partial charge in [0.05, 0.1) is 19.2 Å². The summed E-state index contributed by atoms with van der Waals surface area (Å²) in [6.07, 6.45) is 2.41. The molecule has 0 heterocycles. The van der Waals surface area contributed by atoms with E-state index in [1.807, 2.05) is 60.7 Å². The van der Waals surface area contributed by atoms with E-state index in [0.29, 0.717) is 0 Å². The van der Waals surface area contributed by atoms with Crippen LogP contribution in [-0.2, 0) is 10.2 Å². The summed E-state index contributed by atoms with van der Waals surface area (Å²) in [5.74, 6) is 0.552. The number of rotatable bonds is 6. The maximum atomic E-state index is 12.8. The number of carbonyl (C=O) groups is 1. The first-order valence-electron chi connectivity index (χ1n) is 9.32. The van der Waals surface area contributed by atoms with Crippen molar-refractivity contribution >= 4 is 12.1 Å². The molecule has 3 aromatic carbocycles. The highest BCUT2D eigenvalue weighted by Gasteiger charge is 2.60. The van der Waals surface area contributed by atoms with E-state index in [4.69, 9.17) is 4.74 Å². The summed E-state index contributed by atoms with van der Waals surface area (Å²) in [4.78, 5) is 12.8. The molecule has 3 aromatic rings. The first kappa shape index (κ1) is 18.0. The van der Waals surface area contributed by atoms with E-state index in [1.165, 1.54) is 0 Å². The third-order valence-corrected chi connectivity index (χ3v) is 5.34. The first-order chi connectivity index (χ1) is 13.7. The summed E-state index contributed by atoms with van der Waals surface area (Å²) in [5.41, 5.74) is 5.63. The minimum absolute atomic E-state index is 0.0631. The Morgan fingerprint density at radius 2 is 1.64 bits per heavy atom. The smallest absolute Gasteiger partial charge is 0.244 e. The van der Waals surface area contributed by atoms with Crippen LogP contribution in [0.15, 0.2) is 90.0 Å². The first-order valence-corrected chi connectivity index (χ1v) is 9.32. The van der Waals surface area contributed by atoms with Crippen LogP contribution in [0.1, 0.15) is 23.1 Å². The Labute approximate surface area is 164 Å². The lowest BCUT2D eigenvalue weighted by atomic mass is 9.85. The molecule has 140 valence electrons. The standard InChI is InChI=1S/C24H22N2O2/c1-28-21-14-8-9-18(15-21)17-25-26-23(27)22-16-24(22,19-10-4-2-5-11-19)20-12-6-3-7-13-20/h2-15,17,22H,16H2,1H3,(H,26,27). The average Bonchev–Trinajstić information content (AvgIpc) is 3.52. The van der Waals surface area contributed by atoms with Gasteiger partial charge in [-0.2, -0.15) is 5.10 Å². The zero-order valence-corrected chi connectivity index (χ0v) is 15.7. The zero-order chi connectivity index (χ0) is 19.4. The maximum Gasteiger partial charge on any atom is 0.244 e. The lowest BCUT2D eigenvalue weighted by Gasteiger charge is -2.18. The molecular formula is C24H22N2O2. The predicted molar refractivity (Wildman–Crippen MR) is 111 cm³/mol. The van der Waals surface area contributed by atoms with Gasteiger partial charge in [-0.1, -0.05) is 72.8 Å². The molecule has 0 bridgehead atoms. The zero-order valence-electron chi connectivity index (χ0n) is 15.7. The van der Waals surface area contributed by atoms with Crippen molar-refractivity contribution in [2.24, 2.45) is 11.0 Å². The third kappa shape index (κ3) is 3.41. The Morgan fingerprint density at radius 3 is 2.25 bits per heavy atom. The molecule has 1 aliphatic rings. The highest BCUT2D eigenvalue weighted by molar-refractivity contribution is 5.87. The number of nitrogens with zero attached hydrogens (tertiary/aromatic N) is 1. The van der Waals surface area contributed by atoms with E-state index >= 15 is 0 Å². The molecule has 1 unspecified atom stereocenters. The van der Waals surface area contributed by atoms with Crippen molar-refractivity contribution in [3.63, 3.8) is 0 Å². The van der Waals surface area contributed by atoms with Crippen LogP contribution in [0.3, 0.4) is 0 Å². The summed E-state index contributed by atoms with van der Waals surface area (Å²) in [7, 11) is 1.62. The Morgan fingerprint density at radius 1 is 1.00 bits per heavy atom. The lowest BCUT2D eigenvalue weighted by molar-refractivity contribution is -0.122. The quantitative estimate of drug-likeness (QED) is 0.523. The summed E-state index contributed by atoms with van der Waals surface area (Å²) < 4.78 is 5.21. The third-order valence-electron chi connectivity index (χ3n) is 5.34. The summed E-state index contributed by atoms with van der Waals surface area (Å²) in [6, 6.07) is 28.0.